The highest BCUT2D eigenvalue weighted by Gasteiger charge is 2.25. The Balaban J connectivity index is 1.11. The molecule has 11 aromatic carbocycles. The van der Waals surface area contributed by atoms with Crippen molar-refractivity contribution in [3.05, 3.63) is 237 Å². The van der Waals surface area contributed by atoms with Crippen molar-refractivity contribution in [2.45, 2.75) is 0 Å². The molecule has 0 bridgehead atoms. The number of hydrogen-bond acceptors (Lipinski definition) is 3. The minimum Gasteiger partial charge on any atom is -0.455 e. The van der Waals surface area contributed by atoms with Gasteiger partial charge in [0.2, 0.25) is 0 Å². The summed E-state index contributed by atoms with van der Waals surface area (Å²) in [6.45, 7) is 0. The monoisotopic (exact) mass is 845 g/mol. The predicted octanol–water partition coefficient (Wildman–Crippen LogP) is 18.4. The molecule has 0 aliphatic carbocycles. The minimum atomic E-state index is 0.880. The summed E-state index contributed by atoms with van der Waals surface area (Å²) in [4.78, 5) is 2.48. The molecule has 0 saturated carbocycles. The van der Waals surface area contributed by atoms with Crippen LogP contribution >= 0.6 is 11.3 Å². The van der Waals surface area contributed by atoms with Crippen LogP contribution in [0.25, 0.3) is 108 Å². The van der Waals surface area contributed by atoms with Crippen LogP contribution in [0.1, 0.15) is 0 Å². The van der Waals surface area contributed by atoms with Gasteiger partial charge in [0.25, 0.3) is 0 Å². The topological polar surface area (TPSA) is 16.4 Å². The smallest absolute Gasteiger partial charge is 0.143 e. The summed E-state index contributed by atoms with van der Waals surface area (Å²) < 4.78 is 9.87. The van der Waals surface area contributed by atoms with Gasteiger partial charge in [0.1, 0.15) is 11.2 Å². The number of anilines is 3. The van der Waals surface area contributed by atoms with Gasteiger partial charge in [0, 0.05) is 48.3 Å². The van der Waals surface area contributed by atoms with E-state index in [1.807, 2.05) is 11.3 Å². The summed E-state index contributed by atoms with van der Waals surface area (Å²) in [5.74, 6) is 0. The average Bonchev–Trinajstić information content (AvgIpc) is 3.97. The van der Waals surface area contributed by atoms with Gasteiger partial charge in [-0.1, -0.05) is 200 Å². The normalized spacial score (nSPS) is 11.7. The Kier molecular flexibility index (Phi) is 8.75. The highest BCUT2D eigenvalue weighted by Crippen LogP contribution is 2.51. The molecule has 2 heterocycles. The van der Waals surface area contributed by atoms with E-state index >= 15 is 0 Å². The molecular formula is C62H39NOS. The lowest BCUT2D eigenvalue weighted by molar-refractivity contribution is 0.674. The average molecular weight is 846 g/mol. The van der Waals surface area contributed by atoms with Gasteiger partial charge in [-0.2, -0.15) is 0 Å². The lowest BCUT2D eigenvalue weighted by atomic mass is 9.91. The number of benzene rings is 11. The number of rotatable bonds is 7. The van der Waals surface area contributed by atoms with Gasteiger partial charge in [-0.05, 0) is 86.1 Å². The molecule has 0 amide bonds. The van der Waals surface area contributed by atoms with E-state index in [-0.39, 0.29) is 0 Å². The molecule has 0 unspecified atom stereocenters. The molecule has 0 fully saturated rings. The van der Waals surface area contributed by atoms with Crippen molar-refractivity contribution in [2.75, 3.05) is 4.90 Å². The molecule has 0 radical (unpaired) electrons. The quantitative estimate of drug-likeness (QED) is 0.159. The first-order valence-corrected chi connectivity index (χ1v) is 23.0. The van der Waals surface area contributed by atoms with E-state index in [2.05, 4.69) is 241 Å². The second-order valence-electron chi connectivity index (χ2n) is 16.8. The minimum absolute atomic E-state index is 0.880. The van der Waals surface area contributed by atoms with Crippen LogP contribution in [0.2, 0.25) is 0 Å². The Bertz CT molecular complexity index is 3920. The predicted molar refractivity (Wildman–Crippen MR) is 278 cm³/mol. The van der Waals surface area contributed by atoms with Crippen molar-refractivity contribution in [3.8, 4) is 44.5 Å². The molecular weight excluding hydrogens is 807 g/mol. The fourth-order valence-corrected chi connectivity index (χ4v) is 11.2. The molecule has 0 aliphatic rings. The molecule has 304 valence electrons. The van der Waals surface area contributed by atoms with E-state index < -0.39 is 0 Å². The molecule has 0 spiro atoms. The molecule has 0 saturated heterocycles. The third-order valence-electron chi connectivity index (χ3n) is 13.1. The largest absolute Gasteiger partial charge is 0.455 e. The number of fused-ring (bicyclic) bond motifs is 9. The van der Waals surface area contributed by atoms with Gasteiger partial charge in [0.15, 0.2) is 0 Å². The van der Waals surface area contributed by atoms with E-state index in [0.717, 1.165) is 66.5 Å². The van der Waals surface area contributed by atoms with E-state index in [0.29, 0.717) is 0 Å². The zero-order valence-corrected chi connectivity index (χ0v) is 36.1. The summed E-state index contributed by atoms with van der Waals surface area (Å²) in [6.07, 6.45) is 0. The van der Waals surface area contributed by atoms with Gasteiger partial charge in [-0.15, -0.1) is 11.3 Å². The molecule has 3 heteroatoms. The molecule has 0 N–H and O–H groups in total. The van der Waals surface area contributed by atoms with Crippen molar-refractivity contribution in [1.82, 2.24) is 0 Å². The highest BCUT2D eigenvalue weighted by atomic mass is 32.1. The maximum absolute atomic E-state index is 7.34. The zero-order chi connectivity index (χ0) is 42.8. The third kappa shape index (κ3) is 6.16. The van der Waals surface area contributed by atoms with Crippen LogP contribution in [0.5, 0.6) is 0 Å². The molecule has 13 aromatic rings. The first-order chi connectivity index (χ1) is 32.2. The first-order valence-electron chi connectivity index (χ1n) is 22.2. The summed E-state index contributed by atoms with van der Waals surface area (Å²) in [7, 11) is 0. The Hall–Kier alpha value is -8.24. The molecule has 0 aliphatic heterocycles. The summed E-state index contributed by atoms with van der Waals surface area (Å²) >= 11 is 1.86. The van der Waals surface area contributed by atoms with Gasteiger partial charge < -0.3 is 9.32 Å². The molecule has 13 rings (SSSR count). The molecule has 2 aromatic heterocycles. The van der Waals surface area contributed by atoms with E-state index in [9.17, 15) is 0 Å². The lowest BCUT2D eigenvalue weighted by Crippen LogP contribution is -2.10. The number of furan rings is 1. The molecule has 2 nitrogen and oxygen atoms in total. The first kappa shape index (κ1) is 37.3. The summed E-state index contributed by atoms with van der Waals surface area (Å²) in [5.41, 5.74) is 14.3. The van der Waals surface area contributed by atoms with Crippen LogP contribution in [0, 0.1) is 0 Å². The van der Waals surface area contributed by atoms with Crippen LogP contribution in [0.4, 0.5) is 17.1 Å². The standard InChI is InChI=1S/C62H39NOS/c1-3-15-40(16-4-1)42-29-31-45(32-30-42)48-37-38-52(49-25-13-20-44-19-7-8-21-47(44)49)59-55-39-57(50-22-9-10-24-53(50)60(55)64-61(48)59)63(46-35-33-43(34-36-46)41-17-5-2-6-18-41)56-27-14-26-54-51-23-11-12-28-58(51)65-62(54)56/h1-39H. The zero-order valence-electron chi connectivity index (χ0n) is 35.3. The van der Waals surface area contributed by atoms with Crippen molar-refractivity contribution >= 4 is 92.1 Å². The van der Waals surface area contributed by atoms with Gasteiger partial charge in [-0.25, -0.2) is 0 Å². The lowest BCUT2D eigenvalue weighted by Gasteiger charge is -2.28. The highest BCUT2D eigenvalue weighted by molar-refractivity contribution is 7.26. The fourth-order valence-electron chi connectivity index (χ4n) is 10.0. The third-order valence-corrected chi connectivity index (χ3v) is 14.3. The second kappa shape index (κ2) is 15.2. The van der Waals surface area contributed by atoms with Gasteiger partial charge >= 0.3 is 0 Å². The number of thiophene rings is 1. The Morgan fingerprint density at radius 2 is 0.877 bits per heavy atom. The Labute approximate surface area is 380 Å². The summed E-state index contributed by atoms with van der Waals surface area (Å²) in [5, 5.41) is 9.32. The maximum atomic E-state index is 7.34. The van der Waals surface area contributed by atoms with Crippen LogP contribution in [0.3, 0.4) is 0 Å². The van der Waals surface area contributed by atoms with Crippen LogP contribution in [-0.4, -0.2) is 0 Å². The number of hydrogen-bond donors (Lipinski definition) is 0. The van der Waals surface area contributed by atoms with E-state index in [4.69, 9.17) is 4.42 Å². The molecule has 0 atom stereocenters. The van der Waals surface area contributed by atoms with Gasteiger partial charge in [0.05, 0.1) is 16.1 Å². The Morgan fingerprint density at radius 1 is 0.323 bits per heavy atom. The van der Waals surface area contributed by atoms with Crippen molar-refractivity contribution in [3.63, 3.8) is 0 Å². The molecule has 65 heavy (non-hydrogen) atoms. The SMILES string of the molecule is c1ccc(-c2ccc(-c3ccc(-c4cccc5ccccc45)c4c3oc3c5ccccc5c(N(c5ccc(-c6ccccc6)cc5)c5cccc6c5sc5ccccc56)cc34)cc2)cc1. The van der Waals surface area contributed by atoms with E-state index in [1.54, 1.807) is 0 Å². The number of nitrogens with zero attached hydrogens (tertiary/aromatic N) is 1. The van der Waals surface area contributed by atoms with Crippen molar-refractivity contribution in [2.24, 2.45) is 0 Å². The fraction of sp³-hybridized carbons (Fsp3) is 0. The van der Waals surface area contributed by atoms with Crippen molar-refractivity contribution < 1.29 is 4.42 Å². The van der Waals surface area contributed by atoms with Crippen LogP contribution in [0.15, 0.2) is 241 Å². The van der Waals surface area contributed by atoms with E-state index in [1.165, 1.54) is 58.8 Å². The van der Waals surface area contributed by atoms with Crippen LogP contribution in [-0.2, 0) is 0 Å². The maximum Gasteiger partial charge on any atom is 0.143 e. The van der Waals surface area contributed by atoms with Crippen molar-refractivity contribution in [1.29, 1.82) is 0 Å². The Morgan fingerprint density at radius 3 is 1.63 bits per heavy atom. The van der Waals surface area contributed by atoms with Gasteiger partial charge in [-0.3, -0.25) is 0 Å². The van der Waals surface area contributed by atoms with Crippen LogP contribution < -0.4 is 4.90 Å². The summed E-state index contributed by atoms with van der Waals surface area (Å²) in [6, 6.07) is 85.8. The second-order valence-corrected chi connectivity index (χ2v) is 17.8.